The van der Waals surface area contributed by atoms with E-state index in [2.05, 4.69) is 12.1 Å². The van der Waals surface area contributed by atoms with Crippen LogP contribution in [0.1, 0.15) is 39.0 Å². The second-order valence-corrected chi connectivity index (χ2v) is 7.83. The van der Waals surface area contributed by atoms with Crippen molar-refractivity contribution >= 4 is 35.0 Å². The van der Waals surface area contributed by atoms with Crippen molar-refractivity contribution in [3.8, 4) is 11.1 Å². The Hall–Kier alpha value is -2.73. The van der Waals surface area contributed by atoms with Gasteiger partial charge >= 0.3 is 6.09 Å². The van der Waals surface area contributed by atoms with Crippen LogP contribution in [0.4, 0.5) is 10.5 Å². The van der Waals surface area contributed by atoms with Crippen LogP contribution < -0.4 is 4.90 Å². The molecule has 150 valence electrons. The van der Waals surface area contributed by atoms with Crippen molar-refractivity contribution in [1.29, 1.82) is 0 Å². The van der Waals surface area contributed by atoms with E-state index in [4.69, 9.17) is 17.0 Å². The smallest absolute Gasteiger partial charge is 0.423 e. The average Bonchev–Trinajstić information content (AvgIpc) is 2.96. The number of rotatable bonds is 3. The molecule has 1 aliphatic heterocycles. The van der Waals surface area contributed by atoms with Crippen LogP contribution in [0.3, 0.4) is 0 Å². The van der Waals surface area contributed by atoms with E-state index in [0.717, 1.165) is 41.0 Å². The summed E-state index contributed by atoms with van der Waals surface area (Å²) in [5.74, 6) is -0.257. The number of thiocarbonyl (C=S) groups is 1. The maximum Gasteiger partial charge on any atom is 0.423 e. The molecule has 0 unspecified atom stereocenters. The van der Waals surface area contributed by atoms with Gasteiger partial charge in [-0.05, 0) is 55.2 Å². The van der Waals surface area contributed by atoms with Gasteiger partial charge in [-0.25, -0.2) is 4.79 Å². The number of anilines is 1. The lowest BCUT2D eigenvalue weighted by molar-refractivity contribution is -0.130. The Labute approximate surface area is 176 Å². The first-order valence-corrected chi connectivity index (χ1v) is 10.5. The second kappa shape index (κ2) is 7.95. The summed E-state index contributed by atoms with van der Waals surface area (Å²) in [4.78, 5) is 28.8. The third-order valence-electron chi connectivity index (χ3n) is 5.78. The van der Waals surface area contributed by atoms with E-state index in [1.807, 2.05) is 47.4 Å². The van der Waals surface area contributed by atoms with Gasteiger partial charge in [0, 0.05) is 5.69 Å². The number of benzene rings is 2. The molecule has 2 aliphatic rings. The molecule has 0 bridgehead atoms. The van der Waals surface area contributed by atoms with Gasteiger partial charge in [0.2, 0.25) is 0 Å². The first kappa shape index (κ1) is 19.6. The van der Waals surface area contributed by atoms with Crippen LogP contribution in [-0.2, 0) is 9.53 Å². The number of hydrogen-bond acceptors (Lipinski definition) is 4. The van der Waals surface area contributed by atoms with E-state index in [9.17, 15) is 9.59 Å². The summed E-state index contributed by atoms with van der Waals surface area (Å²) in [6, 6.07) is 18.1. The zero-order valence-electron chi connectivity index (χ0n) is 16.5. The molecule has 2 aromatic rings. The highest BCUT2D eigenvalue weighted by molar-refractivity contribution is 7.80. The van der Waals surface area contributed by atoms with Crippen LogP contribution in [0.5, 0.6) is 0 Å². The molecule has 0 N–H and O–H groups in total. The Balaban J connectivity index is 1.72. The van der Waals surface area contributed by atoms with Gasteiger partial charge in [-0.2, -0.15) is 4.90 Å². The second-order valence-electron chi connectivity index (χ2n) is 7.46. The van der Waals surface area contributed by atoms with Crippen molar-refractivity contribution in [3.05, 3.63) is 54.6 Å². The Morgan fingerprint density at radius 3 is 2.24 bits per heavy atom. The third kappa shape index (κ3) is 3.31. The number of ether oxygens (including phenoxy) is 1. The van der Waals surface area contributed by atoms with Crippen LogP contribution in [0, 0.1) is 0 Å². The predicted molar refractivity (Wildman–Crippen MR) is 117 cm³/mol. The van der Waals surface area contributed by atoms with Crippen molar-refractivity contribution in [2.45, 2.75) is 44.6 Å². The Kier molecular flexibility index (Phi) is 5.37. The molecule has 1 aliphatic carbocycles. The van der Waals surface area contributed by atoms with Crippen molar-refractivity contribution in [2.75, 3.05) is 11.5 Å². The van der Waals surface area contributed by atoms with Crippen LogP contribution in [0.25, 0.3) is 11.1 Å². The van der Waals surface area contributed by atoms with Gasteiger partial charge < -0.3 is 9.64 Å². The number of carbonyl (C=O) groups excluding carboxylic acids is 2. The number of nitrogens with zero attached hydrogens (tertiary/aromatic N) is 2. The summed E-state index contributed by atoms with van der Waals surface area (Å²) in [6.45, 7) is 1.92. The number of imide groups is 1. The first-order valence-electron chi connectivity index (χ1n) is 10.1. The Bertz CT molecular complexity index is 921. The quantitative estimate of drug-likeness (QED) is 0.658. The van der Waals surface area contributed by atoms with Gasteiger partial charge in [0.05, 0.1) is 6.61 Å². The van der Waals surface area contributed by atoms with E-state index in [-0.39, 0.29) is 17.6 Å². The molecule has 0 atom stereocenters. The molecule has 0 radical (unpaired) electrons. The zero-order valence-corrected chi connectivity index (χ0v) is 17.3. The van der Waals surface area contributed by atoms with Crippen LogP contribution in [-0.4, -0.2) is 34.2 Å². The summed E-state index contributed by atoms with van der Waals surface area (Å²) in [7, 11) is 0. The molecule has 29 heavy (non-hydrogen) atoms. The average molecular weight is 409 g/mol. The minimum Gasteiger partial charge on any atom is -0.449 e. The lowest BCUT2D eigenvalue weighted by Gasteiger charge is -2.39. The lowest BCUT2D eigenvalue weighted by atomic mass is 9.80. The normalized spacial score (nSPS) is 18.4. The van der Waals surface area contributed by atoms with Gasteiger partial charge in [-0.15, -0.1) is 0 Å². The maximum atomic E-state index is 13.4. The largest absolute Gasteiger partial charge is 0.449 e. The van der Waals surface area contributed by atoms with E-state index in [1.54, 1.807) is 6.92 Å². The molecular weight excluding hydrogens is 384 g/mol. The Morgan fingerprint density at radius 1 is 1.00 bits per heavy atom. The molecule has 6 heteroatoms. The fourth-order valence-corrected chi connectivity index (χ4v) is 4.83. The Morgan fingerprint density at radius 2 is 1.62 bits per heavy atom. The van der Waals surface area contributed by atoms with Crippen LogP contribution in [0.2, 0.25) is 0 Å². The molecule has 1 heterocycles. The van der Waals surface area contributed by atoms with Crippen molar-refractivity contribution in [1.82, 2.24) is 4.90 Å². The van der Waals surface area contributed by atoms with Gasteiger partial charge in [0.15, 0.2) is 5.11 Å². The molecule has 4 rings (SSSR count). The van der Waals surface area contributed by atoms with Gasteiger partial charge in [0.1, 0.15) is 5.54 Å². The molecule has 2 amide bonds. The summed E-state index contributed by atoms with van der Waals surface area (Å²) in [6.07, 6.45) is 3.63. The van der Waals surface area contributed by atoms with Crippen molar-refractivity contribution in [3.63, 3.8) is 0 Å². The predicted octanol–water partition coefficient (Wildman–Crippen LogP) is 5.15. The SMILES string of the molecule is CCOC(=O)N1C(=O)C2(CCCCC2)N(c2ccc(-c3ccccc3)cc2)C1=S. The van der Waals surface area contributed by atoms with Gasteiger partial charge in [-0.1, -0.05) is 61.7 Å². The maximum absolute atomic E-state index is 13.4. The molecule has 1 saturated carbocycles. The minimum atomic E-state index is -0.795. The fraction of sp³-hybridized carbons (Fsp3) is 0.348. The highest BCUT2D eigenvalue weighted by Crippen LogP contribution is 2.43. The molecule has 0 aromatic heterocycles. The lowest BCUT2D eigenvalue weighted by Crippen LogP contribution is -2.51. The van der Waals surface area contributed by atoms with Crippen molar-refractivity contribution < 1.29 is 14.3 Å². The third-order valence-corrected chi connectivity index (χ3v) is 6.14. The van der Waals surface area contributed by atoms with Gasteiger partial charge in [-0.3, -0.25) is 4.79 Å². The summed E-state index contributed by atoms with van der Waals surface area (Å²) >= 11 is 5.62. The van der Waals surface area contributed by atoms with Crippen LogP contribution in [0.15, 0.2) is 54.6 Å². The monoisotopic (exact) mass is 408 g/mol. The summed E-state index contributed by atoms with van der Waals surface area (Å²) in [5, 5.41) is 0.211. The number of amides is 2. The first-order chi connectivity index (χ1) is 14.1. The summed E-state index contributed by atoms with van der Waals surface area (Å²) in [5.41, 5.74) is 2.25. The molecular formula is C23H24N2O3S. The molecule has 2 fully saturated rings. The van der Waals surface area contributed by atoms with E-state index >= 15 is 0 Å². The van der Waals surface area contributed by atoms with Gasteiger partial charge in [0.25, 0.3) is 5.91 Å². The highest BCUT2D eigenvalue weighted by atomic mass is 32.1. The molecule has 5 nitrogen and oxygen atoms in total. The van der Waals surface area contributed by atoms with E-state index in [1.165, 1.54) is 0 Å². The minimum absolute atomic E-state index is 0.198. The number of carbonyl (C=O) groups is 2. The standard InChI is InChI=1S/C23H24N2O3S/c1-2-28-22(27)24-20(26)23(15-7-4-8-16-23)25(21(24)29)19-13-11-18(12-14-19)17-9-5-3-6-10-17/h3,5-6,9-14H,2,4,7-8,15-16H2,1H3. The fourth-order valence-electron chi connectivity index (χ4n) is 4.39. The molecule has 2 aromatic carbocycles. The van der Waals surface area contributed by atoms with Crippen LogP contribution >= 0.6 is 12.2 Å². The van der Waals surface area contributed by atoms with Crippen molar-refractivity contribution in [2.24, 2.45) is 0 Å². The molecule has 1 saturated heterocycles. The molecule has 1 spiro atoms. The zero-order chi connectivity index (χ0) is 20.4. The summed E-state index contributed by atoms with van der Waals surface area (Å²) < 4.78 is 5.11. The topological polar surface area (TPSA) is 49.9 Å². The van der Waals surface area contributed by atoms with E-state index in [0.29, 0.717) is 12.8 Å². The highest BCUT2D eigenvalue weighted by Gasteiger charge is 2.58. The number of hydrogen-bond donors (Lipinski definition) is 0. The van der Waals surface area contributed by atoms with E-state index < -0.39 is 11.6 Å².